The topological polar surface area (TPSA) is 96.7 Å². The minimum Gasteiger partial charge on any atom is -0.457 e. The molecule has 0 radical (unpaired) electrons. The molecule has 1 aliphatic carbocycles. The molecule has 35 heavy (non-hydrogen) atoms. The monoisotopic (exact) mass is 483 g/mol. The van der Waals surface area contributed by atoms with Crippen LogP contribution in [0.25, 0.3) is 6.08 Å². The van der Waals surface area contributed by atoms with Gasteiger partial charge in [0.25, 0.3) is 0 Å². The minimum absolute atomic E-state index is 0.0230. The van der Waals surface area contributed by atoms with Crippen molar-refractivity contribution in [2.75, 3.05) is 0 Å². The summed E-state index contributed by atoms with van der Waals surface area (Å²) in [6.07, 6.45) is 8.18. The second-order valence-electron chi connectivity index (χ2n) is 10.7. The predicted molar refractivity (Wildman–Crippen MR) is 136 cm³/mol. The number of aliphatic hydroxyl groups is 2. The molecule has 0 bridgehead atoms. The second-order valence-corrected chi connectivity index (χ2v) is 10.7. The molecule has 5 atom stereocenters. The molecule has 1 saturated carbocycles. The quantitative estimate of drug-likeness (QED) is 0.452. The fourth-order valence-electron chi connectivity index (χ4n) is 5.36. The standard InChI is InChI=1S/C29H41NO5/c1-19-9-7-10-20(2)27(33)22(4)28(34)29(14-8-15-29)25(31)18-26(32)35-24(13-12-19)21(3)17-23-11-5-6-16-30-23/h5-6,11-12,16-17,20,22,24-25,27,31,33H,7-10,13-15,18H2,1-4H3/b19-12-,21-17+/t20-,22-,24+,25-,27+/m0/s1. The Morgan fingerprint density at radius 3 is 2.54 bits per heavy atom. The van der Waals surface area contributed by atoms with Crippen LogP contribution in [0.1, 0.15) is 84.8 Å². The highest BCUT2D eigenvalue weighted by Crippen LogP contribution is 2.48. The van der Waals surface area contributed by atoms with Crippen molar-refractivity contribution >= 4 is 17.8 Å². The van der Waals surface area contributed by atoms with Crippen molar-refractivity contribution in [1.29, 1.82) is 0 Å². The van der Waals surface area contributed by atoms with Gasteiger partial charge in [-0.25, -0.2) is 0 Å². The van der Waals surface area contributed by atoms with Gasteiger partial charge in [0.1, 0.15) is 11.9 Å². The predicted octanol–water partition coefficient (Wildman–Crippen LogP) is 5.04. The third-order valence-electron chi connectivity index (χ3n) is 8.00. The molecule has 2 heterocycles. The molecule has 1 aromatic heterocycles. The summed E-state index contributed by atoms with van der Waals surface area (Å²) in [5, 5.41) is 21.9. The average Bonchev–Trinajstić information content (AvgIpc) is 2.79. The number of Topliss-reactive ketones (excluding diaryl/α,β-unsaturated/α-hetero) is 1. The maximum Gasteiger partial charge on any atom is 0.309 e. The highest BCUT2D eigenvalue weighted by Gasteiger charge is 2.52. The van der Waals surface area contributed by atoms with Gasteiger partial charge in [-0.15, -0.1) is 0 Å². The molecule has 1 fully saturated rings. The van der Waals surface area contributed by atoms with Gasteiger partial charge < -0.3 is 14.9 Å². The number of nitrogens with zero attached hydrogens (tertiary/aromatic N) is 1. The van der Waals surface area contributed by atoms with Crippen molar-refractivity contribution in [3.63, 3.8) is 0 Å². The molecule has 1 aliphatic heterocycles. The molecular weight excluding hydrogens is 442 g/mol. The molecule has 192 valence electrons. The Labute approximate surface area is 209 Å². The smallest absolute Gasteiger partial charge is 0.309 e. The summed E-state index contributed by atoms with van der Waals surface area (Å²) < 4.78 is 5.87. The largest absolute Gasteiger partial charge is 0.457 e. The molecule has 2 aliphatic rings. The zero-order chi connectivity index (χ0) is 25.6. The first-order valence-electron chi connectivity index (χ1n) is 13.0. The minimum atomic E-state index is -1.12. The summed E-state index contributed by atoms with van der Waals surface area (Å²) in [4.78, 5) is 30.7. The number of hydrogen-bond acceptors (Lipinski definition) is 6. The van der Waals surface area contributed by atoms with Crippen LogP contribution in [-0.2, 0) is 14.3 Å². The van der Waals surface area contributed by atoms with Crippen LogP contribution >= 0.6 is 0 Å². The van der Waals surface area contributed by atoms with Crippen molar-refractivity contribution in [3.05, 3.63) is 47.3 Å². The Morgan fingerprint density at radius 2 is 1.91 bits per heavy atom. The SMILES string of the molecule is C/C1=C/C[C@H](/C(C)=C/c2ccccn2)OC(=O)C[C@H](O)C2(CCC2)C(=O)[C@@H](C)[C@H](O)[C@@H](C)CCC1. The number of pyridine rings is 1. The van der Waals surface area contributed by atoms with E-state index < -0.39 is 35.6 Å². The van der Waals surface area contributed by atoms with Gasteiger partial charge in [-0.3, -0.25) is 14.6 Å². The highest BCUT2D eigenvalue weighted by molar-refractivity contribution is 5.89. The number of ether oxygens (including phenoxy) is 1. The van der Waals surface area contributed by atoms with Gasteiger partial charge in [0, 0.05) is 18.5 Å². The number of rotatable bonds is 2. The average molecular weight is 484 g/mol. The fraction of sp³-hybridized carbons (Fsp3) is 0.621. The normalized spacial score (nSPS) is 32.9. The van der Waals surface area contributed by atoms with Crippen molar-refractivity contribution < 1.29 is 24.5 Å². The van der Waals surface area contributed by atoms with E-state index in [1.807, 2.05) is 38.1 Å². The third kappa shape index (κ3) is 6.68. The zero-order valence-electron chi connectivity index (χ0n) is 21.6. The van der Waals surface area contributed by atoms with E-state index in [4.69, 9.17) is 4.74 Å². The van der Waals surface area contributed by atoms with E-state index in [9.17, 15) is 19.8 Å². The Kier molecular flexibility index (Phi) is 9.42. The number of allylic oxidation sites excluding steroid dienone is 1. The molecule has 0 unspecified atom stereocenters. The summed E-state index contributed by atoms with van der Waals surface area (Å²) in [5.41, 5.74) is 1.88. The van der Waals surface area contributed by atoms with Crippen LogP contribution in [0.2, 0.25) is 0 Å². The Bertz CT molecular complexity index is 934. The van der Waals surface area contributed by atoms with Crippen LogP contribution in [0.3, 0.4) is 0 Å². The molecule has 3 rings (SSSR count). The van der Waals surface area contributed by atoms with Crippen molar-refractivity contribution in [3.8, 4) is 0 Å². The first-order valence-corrected chi connectivity index (χ1v) is 13.0. The number of carbonyl (C=O) groups is 2. The summed E-state index contributed by atoms with van der Waals surface area (Å²) in [7, 11) is 0. The van der Waals surface area contributed by atoms with Gasteiger partial charge in [-0.05, 0) is 75.7 Å². The van der Waals surface area contributed by atoms with Crippen LogP contribution in [0.5, 0.6) is 0 Å². The number of hydrogen-bond donors (Lipinski definition) is 2. The Morgan fingerprint density at radius 1 is 1.17 bits per heavy atom. The maximum absolute atomic E-state index is 13.4. The number of ketones is 1. The lowest BCUT2D eigenvalue weighted by atomic mass is 9.58. The van der Waals surface area contributed by atoms with Gasteiger partial charge in [-0.2, -0.15) is 0 Å². The van der Waals surface area contributed by atoms with Crippen LogP contribution in [-0.4, -0.2) is 45.3 Å². The van der Waals surface area contributed by atoms with Gasteiger partial charge in [0.05, 0.1) is 29.7 Å². The molecule has 6 nitrogen and oxygen atoms in total. The van der Waals surface area contributed by atoms with Crippen molar-refractivity contribution in [2.24, 2.45) is 17.3 Å². The first kappa shape index (κ1) is 27.3. The van der Waals surface area contributed by atoms with E-state index in [1.165, 1.54) is 5.57 Å². The number of esters is 1. The Balaban J connectivity index is 1.87. The van der Waals surface area contributed by atoms with Gasteiger partial charge >= 0.3 is 5.97 Å². The molecule has 2 N–H and O–H groups in total. The highest BCUT2D eigenvalue weighted by atomic mass is 16.5. The lowest BCUT2D eigenvalue weighted by molar-refractivity contribution is -0.161. The van der Waals surface area contributed by atoms with Crippen LogP contribution in [0.4, 0.5) is 0 Å². The maximum atomic E-state index is 13.4. The molecule has 0 aromatic carbocycles. The summed E-state index contributed by atoms with van der Waals surface area (Å²) in [5.74, 6) is -1.26. The van der Waals surface area contributed by atoms with E-state index in [0.717, 1.165) is 37.0 Å². The van der Waals surface area contributed by atoms with Crippen LogP contribution < -0.4 is 0 Å². The van der Waals surface area contributed by atoms with Crippen molar-refractivity contribution in [1.82, 2.24) is 4.98 Å². The van der Waals surface area contributed by atoms with Crippen molar-refractivity contribution in [2.45, 2.75) is 97.4 Å². The van der Waals surface area contributed by atoms with Gasteiger partial charge in [0.2, 0.25) is 0 Å². The lowest BCUT2D eigenvalue weighted by Gasteiger charge is -2.46. The molecule has 0 amide bonds. The second kappa shape index (κ2) is 12.1. The first-order chi connectivity index (χ1) is 16.6. The van der Waals surface area contributed by atoms with Crippen LogP contribution in [0.15, 0.2) is 41.6 Å². The van der Waals surface area contributed by atoms with E-state index in [2.05, 4.69) is 18.0 Å². The summed E-state index contributed by atoms with van der Waals surface area (Å²) in [6, 6.07) is 5.66. The summed E-state index contributed by atoms with van der Waals surface area (Å²) >= 11 is 0. The molecule has 1 aromatic rings. The number of aliphatic hydroxyl groups excluding tert-OH is 2. The fourth-order valence-corrected chi connectivity index (χ4v) is 5.36. The number of cyclic esters (lactones) is 1. The van der Waals surface area contributed by atoms with Crippen LogP contribution in [0, 0.1) is 17.3 Å². The van der Waals surface area contributed by atoms with Gasteiger partial charge in [-0.1, -0.05) is 38.0 Å². The lowest BCUT2D eigenvalue weighted by Crippen LogP contribution is -2.53. The number of carbonyl (C=O) groups excluding carboxylic acids is 2. The van der Waals surface area contributed by atoms with Gasteiger partial charge in [0.15, 0.2) is 0 Å². The summed E-state index contributed by atoms with van der Waals surface area (Å²) in [6.45, 7) is 7.73. The molecule has 0 saturated heterocycles. The number of aromatic nitrogens is 1. The van der Waals surface area contributed by atoms with E-state index in [0.29, 0.717) is 19.3 Å². The molecular formula is C29H41NO5. The third-order valence-corrected chi connectivity index (χ3v) is 8.00. The van der Waals surface area contributed by atoms with E-state index in [-0.39, 0.29) is 18.1 Å². The molecule has 1 spiro atoms. The molecule has 6 heteroatoms. The van der Waals surface area contributed by atoms with E-state index >= 15 is 0 Å². The van der Waals surface area contributed by atoms with E-state index in [1.54, 1.807) is 13.1 Å². The Hall–Kier alpha value is -2.31. The zero-order valence-corrected chi connectivity index (χ0v) is 21.6.